The summed E-state index contributed by atoms with van der Waals surface area (Å²) in [5.74, 6) is 0.201. The molecule has 2 aromatic carbocycles. The highest BCUT2D eigenvalue weighted by Crippen LogP contribution is 2.37. The number of aromatic nitrogens is 2. The summed E-state index contributed by atoms with van der Waals surface area (Å²) in [6.45, 7) is 3.84. The number of hydrogen-bond donors (Lipinski definition) is 2. The maximum atomic E-state index is 10.1. The Hall–Kier alpha value is -2.62. The first-order valence-electron chi connectivity index (χ1n) is 6.84. The molecule has 106 valence electrons. The normalized spacial score (nSPS) is 11.2. The minimum Gasteiger partial charge on any atom is -0.507 e. The number of benzene rings is 2. The monoisotopic (exact) mass is 280 g/mol. The SMILES string of the molecule is CC(C)c1c(O)cc(-c2cnc3ccccc3n2)cc1O. The molecule has 0 amide bonds. The highest BCUT2D eigenvalue weighted by atomic mass is 16.3. The molecule has 0 aliphatic rings. The van der Waals surface area contributed by atoms with Gasteiger partial charge in [-0.15, -0.1) is 0 Å². The molecule has 0 saturated carbocycles. The summed E-state index contributed by atoms with van der Waals surface area (Å²) in [6.07, 6.45) is 1.64. The van der Waals surface area contributed by atoms with Crippen molar-refractivity contribution in [3.8, 4) is 22.8 Å². The highest BCUT2D eigenvalue weighted by molar-refractivity contribution is 5.77. The molecule has 4 heteroatoms. The number of rotatable bonds is 2. The van der Waals surface area contributed by atoms with Gasteiger partial charge in [-0.2, -0.15) is 0 Å². The van der Waals surface area contributed by atoms with Crippen LogP contribution in [-0.4, -0.2) is 20.2 Å². The lowest BCUT2D eigenvalue weighted by Crippen LogP contribution is -1.92. The van der Waals surface area contributed by atoms with Crippen LogP contribution in [0.1, 0.15) is 25.3 Å². The average molecular weight is 280 g/mol. The molecule has 0 spiro atoms. The zero-order valence-corrected chi connectivity index (χ0v) is 11.9. The molecule has 0 bridgehead atoms. The van der Waals surface area contributed by atoms with Gasteiger partial charge in [-0.05, 0) is 30.2 Å². The van der Waals surface area contributed by atoms with Crippen LogP contribution in [0.2, 0.25) is 0 Å². The van der Waals surface area contributed by atoms with Crippen molar-refractivity contribution >= 4 is 11.0 Å². The molecule has 21 heavy (non-hydrogen) atoms. The Bertz CT molecular complexity index is 790. The summed E-state index contributed by atoms with van der Waals surface area (Å²) in [6, 6.07) is 10.8. The summed E-state index contributed by atoms with van der Waals surface area (Å²) in [7, 11) is 0. The molecular weight excluding hydrogens is 264 g/mol. The van der Waals surface area contributed by atoms with Crippen molar-refractivity contribution in [2.24, 2.45) is 0 Å². The van der Waals surface area contributed by atoms with Gasteiger partial charge in [0.2, 0.25) is 0 Å². The van der Waals surface area contributed by atoms with E-state index in [1.165, 1.54) is 0 Å². The molecule has 4 nitrogen and oxygen atoms in total. The van der Waals surface area contributed by atoms with Crippen molar-refractivity contribution in [3.05, 3.63) is 48.2 Å². The Labute approximate surface area is 122 Å². The van der Waals surface area contributed by atoms with Gasteiger partial charge in [0.25, 0.3) is 0 Å². The molecule has 3 aromatic rings. The van der Waals surface area contributed by atoms with Gasteiger partial charge in [-0.1, -0.05) is 26.0 Å². The topological polar surface area (TPSA) is 66.2 Å². The van der Waals surface area contributed by atoms with Crippen LogP contribution in [0.15, 0.2) is 42.6 Å². The molecule has 0 fully saturated rings. The van der Waals surface area contributed by atoms with Gasteiger partial charge < -0.3 is 10.2 Å². The Balaban J connectivity index is 2.14. The van der Waals surface area contributed by atoms with Crippen LogP contribution in [0.4, 0.5) is 0 Å². The minimum atomic E-state index is 0.0433. The van der Waals surface area contributed by atoms with Crippen molar-refractivity contribution in [2.45, 2.75) is 19.8 Å². The van der Waals surface area contributed by atoms with Gasteiger partial charge in [-0.25, -0.2) is 4.98 Å². The largest absolute Gasteiger partial charge is 0.507 e. The first-order chi connectivity index (χ1) is 10.1. The number of phenolic OH excluding ortho intramolecular Hbond substituents is 2. The molecule has 0 saturated heterocycles. The summed E-state index contributed by atoms with van der Waals surface area (Å²) < 4.78 is 0. The zero-order valence-electron chi connectivity index (χ0n) is 11.9. The summed E-state index contributed by atoms with van der Waals surface area (Å²) in [5.41, 5.74) is 3.41. The third-order valence-electron chi connectivity index (χ3n) is 3.46. The van der Waals surface area contributed by atoms with Crippen molar-refractivity contribution in [3.63, 3.8) is 0 Å². The van der Waals surface area contributed by atoms with E-state index in [1.54, 1.807) is 18.3 Å². The van der Waals surface area contributed by atoms with E-state index in [9.17, 15) is 10.2 Å². The highest BCUT2D eigenvalue weighted by Gasteiger charge is 2.14. The number of para-hydroxylation sites is 2. The summed E-state index contributed by atoms with van der Waals surface area (Å²) in [5, 5.41) is 20.2. The van der Waals surface area contributed by atoms with E-state index >= 15 is 0 Å². The zero-order chi connectivity index (χ0) is 15.0. The number of hydrogen-bond acceptors (Lipinski definition) is 4. The molecule has 0 radical (unpaired) electrons. The second-order valence-corrected chi connectivity index (χ2v) is 5.33. The van der Waals surface area contributed by atoms with Gasteiger partial charge in [0.1, 0.15) is 11.5 Å². The first-order valence-corrected chi connectivity index (χ1v) is 6.84. The van der Waals surface area contributed by atoms with Crippen molar-refractivity contribution < 1.29 is 10.2 Å². The molecule has 0 atom stereocenters. The fraction of sp³-hybridized carbons (Fsp3) is 0.176. The fourth-order valence-corrected chi connectivity index (χ4v) is 2.46. The Morgan fingerprint density at radius 1 is 0.952 bits per heavy atom. The smallest absolute Gasteiger partial charge is 0.123 e. The van der Waals surface area contributed by atoms with Crippen LogP contribution in [0, 0.1) is 0 Å². The van der Waals surface area contributed by atoms with E-state index in [0.717, 1.165) is 11.0 Å². The van der Waals surface area contributed by atoms with Crippen LogP contribution >= 0.6 is 0 Å². The van der Waals surface area contributed by atoms with E-state index in [-0.39, 0.29) is 17.4 Å². The molecular formula is C17H16N2O2. The third-order valence-corrected chi connectivity index (χ3v) is 3.46. The van der Waals surface area contributed by atoms with Crippen molar-refractivity contribution in [1.29, 1.82) is 0 Å². The molecule has 2 N–H and O–H groups in total. The van der Waals surface area contributed by atoms with Gasteiger partial charge in [0.15, 0.2) is 0 Å². The number of nitrogens with zero attached hydrogens (tertiary/aromatic N) is 2. The molecule has 1 aromatic heterocycles. The Morgan fingerprint density at radius 2 is 1.57 bits per heavy atom. The van der Waals surface area contributed by atoms with Gasteiger partial charge in [0.05, 0.1) is 22.9 Å². The standard InChI is InChI=1S/C17H16N2O2/c1-10(2)17-15(20)7-11(8-16(17)21)14-9-18-12-5-3-4-6-13(12)19-14/h3-10,20-21H,1-2H3. The minimum absolute atomic E-state index is 0.0433. The number of fused-ring (bicyclic) bond motifs is 1. The second-order valence-electron chi connectivity index (χ2n) is 5.33. The maximum Gasteiger partial charge on any atom is 0.123 e. The molecule has 0 unspecified atom stereocenters. The van der Waals surface area contributed by atoms with Crippen LogP contribution in [-0.2, 0) is 0 Å². The molecule has 0 aliphatic heterocycles. The quantitative estimate of drug-likeness (QED) is 0.748. The Kier molecular flexibility index (Phi) is 3.22. The maximum absolute atomic E-state index is 10.1. The summed E-state index contributed by atoms with van der Waals surface area (Å²) >= 11 is 0. The lowest BCUT2D eigenvalue weighted by Gasteiger charge is -2.12. The van der Waals surface area contributed by atoms with E-state index < -0.39 is 0 Å². The predicted molar refractivity (Wildman–Crippen MR) is 82.4 cm³/mol. The van der Waals surface area contributed by atoms with E-state index in [4.69, 9.17) is 0 Å². The van der Waals surface area contributed by atoms with E-state index in [2.05, 4.69) is 9.97 Å². The predicted octanol–water partition coefficient (Wildman–Crippen LogP) is 3.83. The van der Waals surface area contributed by atoms with Crippen LogP contribution in [0.5, 0.6) is 11.5 Å². The van der Waals surface area contributed by atoms with Gasteiger partial charge in [-0.3, -0.25) is 4.98 Å². The third kappa shape index (κ3) is 2.40. The fourth-order valence-electron chi connectivity index (χ4n) is 2.46. The molecule has 0 aliphatic carbocycles. The van der Waals surface area contributed by atoms with Crippen LogP contribution < -0.4 is 0 Å². The second kappa shape index (κ2) is 5.05. The first kappa shape index (κ1) is 13.4. The van der Waals surface area contributed by atoms with Gasteiger partial charge >= 0.3 is 0 Å². The van der Waals surface area contributed by atoms with E-state index in [1.807, 2.05) is 38.1 Å². The number of phenols is 2. The lowest BCUT2D eigenvalue weighted by molar-refractivity contribution is 0.434. The molecule has 3 rings (SSSR count). The van der Waals surface area contributed by atoms with Crippen molar-refractivity contribution in [2.75, 3.05) is 0 Å². The average Bonchev–Trinajstić information content (AvgIpc) is 2.45. The van der Waals surface area contributed by atoms with Crippen LogP contribution in [0.25, 0.3) is 22.3 Å². The Morgan fingerprint density at radius 3 is 2.19 bits per heavy atom. The van der Waals surface area contributed by atoms with Crippen molar-refractivity contribution in [1.82, 2.24) is 9.97 Å². The lowest BCUT2D eigenvalue weighted by atomic mass is 9.98. The van der Waals surface area contributed by atoms with Gasteiger partial charge in [0, 0.05) is 11.1 Å². The summed E-state index contributed by atoms with van der Waals surface area (Å²) in [4.78, 5) is 8.87. The molecule has 1 heterocycles. The van der Waals surface area contributed by atoms with E-state index in [0.29, 0.717) is 16.8 Å². The van der Waals surface area contributed by atoms with Crippen LogP contribution in [0.3, 0.4) is 0 Å². The number of aromatic hydroxyl groups is 2.